The topological polar surface area (TPSA) is 51.2 Å². The third-order valence-electron chi connectivity index (χ3n) is 4.28. The summed E-state index contributed by atoms with van der Waals surface area (Å²) in [7, 11) is 0. The first-order chi connectivity index (χ1) is 14.0. The first kappa shape index (κ1) is 21.3. The van der Waals surface area contributed by atoms with Crippen LogP contribution in [0.1, 0.15) is 32.6 Å². The van der Waals surface area contributed by atoms with Gasteiger partial charge in [0.05, 0.1) is 5.56 Å². The van der Waals surface area contributed by atoms with E-state index in [1.807, 2.05) is 0 Å². The lowest BCUT2D eigenvalue weighted by Gasteiger charge is -2.14. The molecule has 0 saturated heterocycles. The third kappa shape index (κ3) is 4.76. The number of ether oxygens (including phenoxy) is 1. The summed E-state index contributed by atoms with van der Waals surface area (Å²) >= 11 is 0. The van der Waals surface area contributed by atoms with Crippen molar-refractivity contribution in [3.63, 3.8) is 0 Å². The van der Waals surface area contributed by atoms with Crippen LogP contribution in [0.4, 0.5) is 23.2 Å². The van der Waals surface area contributed by atoms with Crippen molar-refractivity contribution >= 4 is 11.6 Å². The molecule has 2 aromatic carbocycles. The minimum Gasteiger partial charge on any atom is -0.438 e. The van der Waals surface area contributed by atoms with E-state index in [0.29, 0.717) is 22.4 Å². The second kappa shape index (κ2) is 8.14. The van der Waals surface area contributed by atoms with Gasteiger partial charge in [-0.05, 0) is 73.9 Å². The lowest BCUT2D eigenvalue weighted by molar-refractivity contribution is -0.138. The number of aryl methyl sites for hydroxylation is 3. The highest BCUT2D eigenvalue weighted by atomic mass is 19.4. The zero-order valence-electron chi connectivity index (χ0n) is 16.4. The molecule has 0 atom stereocenters. The molecule has 1 heterocycles. The summed E-state index contributed by atoms with van der Waals surface area (Å²) in [4.78, 5) is 16.1. The molecular formula is C22H18F4N2O2. The Balaban J connectivity index is 1.78. The van der Waals surface area contributed by atoms with Gasteiger partial charge >= 0.3 is 6.18 Å². The van der Waals surface area contributed by atoms with Crippen molar-refractivity contribution in [3.05, 3.63) is 82.3 Å². The molecule has 0 aliphatic rings. The zero-order valence-corrected chi connectivity index (χ0v) is 16.4. The van der Waals surface area contributed by atoms with Gasteiger partial charge in [0.25, 0.3) is 5.91 Å². The number of amides is 1. The first-order valence-electron chi connectivity index (χ1n) is 8.94. The molecule has 0 radical (unpaired) electrons. The number of aromatic nitrogens is 1. The van der Waals surface area contributed by atoms with E-state index in [1.165, 1.54) is 43.5 Å². The lowest BCUT2D eigenvalue weighted by Crippen LogP contribution is -2.15. The second-order valence-corrected chi connectivity index (χ2v) is 6.88. The van der Waals surface area contributed by atoms with Gasteiger partial charge in [-0.2, -0.15) is 13.2 Å². The molecule has 156 valence electrons. The Hall–Kier alpha value is -3.42. The molecule has 0 unspecified atom stereocenters. The normalized spacial score (nSPS) is 11.3. The van der Waals surface area contributed by atoms with Crippen molar-refractivity contribution in [1.82, 2.24) is 4.98 Å². The molecule has 1 aromatic heterocycles. The molecule has 1 N–H and O–H groups in total. The molecule has 0 spiro atoms. The number of nitrogens with one attached hydrogen (secondary N) is 1. The number of halogens is 4. The summed E-state index contributed by atoms with van der Waals surface area (Å²) in [5.74, 6) is -1.72. The Morgan fingerprint density at radius 3 is 2.27 bits per heavy atom. The van der Waals surface area contributed by atoms with E-state index >= 15 is 0 Å². The van der Waals surface area contributed by atoms with Gasteiger partial charge in [-0.15, -0.1) is 0 Å². The second-order valence-electron chi connectivity index (χ2n) is 6.88. The van der Waals surface area contributed by atoms with Crippen molar-refractivity contribution < 1.29 is 27.1 Å². The minimum atomic E-state index is -4.61. The number of anilines is 1. The number of benzene rings is 2. The van der Waals surface area contributed by atoms with Crippen LogP contribution in [-0.4, -0.2) is 10.9 Å². The Morgan fingerprint density at radius 1 is 1.00 bits per heavy atom. The van der Waals surface area contributed by atoms with Crippen LogP contribution in [-0.2, 0) is 6.18 Å². The van der Waals surface area contributed by atoms with Crippen LogP contribution in [0.2, 0.25) is 0 Å². The smallest absolute Gasteiger partial charge is 0.421 e. The summed E-state index contributed by atoms with van der Waals surface area (Å²) in [5, 5.41) is 2.56. The fraction of sp³-hybridized carbons (Fsp3) is 0.182. The fourth-order valence-corrected chi connectivity index (χ4v) is 2.96. The highest BCUT2D eigenvalue weighted by Crippen LogP contribution is 2.37. The average Bonchev–Trinajstić information content (AvgIpc) is 2.63. The highest BCUT2D eigenvalue weighted by molar-refractivity contribution is 6.05. The van der Waals surface area contributed by atoms with Gasteiger partial charge < -0.3 is 10.1 Å². The van der Waals surface area contributed by atoms with Crippen molar-refractivity contribution in [2.45, 2.75) is 26.9 Å². The maximum absolute atomic E-state index is 14.2. The molecule has 0 aliphatic heterocycles. The SMILES string of the molecule is Cc1cc(C)c(C(=O)Nc2ccc(Oc3ncc(C)cc3C(F)(F)F)cc2)c(F)c1. The Kier molecular flexibility index (Phi) is 5.78. The lowest BCUT2D eigenvalue weighted by atomic mass is 10.0. The molecule has 3 aromatic rings. The summed E-state index contributed by atoms with van der Waals surface area (Å²) in [6, 6.07) is 9.57. The standard InChI is InChI=1S/C22H18F4N2O2/c1-12-8-14(3)19(18(23)10-12)20(29)28-15-4-6-16(7-5-15)30-21-17(22(24,25)26)9-13(2)11-27-21/h4-11H,1-3H3,(H,28,29). The van der Waals surface area contributed by atoms with Gasteiger partial charge in [-0.3, -0.25) is 4.79 Å². The maximum Gasteiger partial charge on any atom is 0.421 e. The number of hydrogen-bond donors (Lipinski definition) is 1. The highest BCUT2D eigenvalue weighted by Gasteiger charge is 2.35. The minimum absolute atomic E-state index is 0.0698. The number of carbonyl (C=O) groups is 1. The molecule has 8 heteroatoms. The summed E-state index contributed by atoms with van der Waals surface area (Å²) in [6.07, 6.45) is -3.34. The molecule has 3 rings (SSSR count). The Bertz CT molecular complexity index is 1070. The van der Waals surface area contributed by atoms with Gasteiger partial charge in [0.15, 0.2) is 0 Å². The molecule has 0 aliphatic carbocycles. The first-order valence-corrected chi connectivity index (χ1v) is 8.94. The van der Waals surface area contributed by atoms with Crippen LogP contribution in [0.25, 0.3) is 0 Å². The van der Waals surface area contributed by atoms with E-state index in [0.717, 1.165) is 6.07 Å². The number of hydrogen-bond acceptors (Lipinski definition) is 3. The number of nitrogens with zero attached hydrogens (tertiary/aromatic N) is 1. The number of rotatable bonds is 4. The molecular weight excluding hydrogens is 400 g/mol. The van der Waals surface area contributed by atoms with E-state index in [1.54, 1.807) is 19.9 Å². The maximum atomic E-state index is 14.2. The molecule has 4 nitrogen and oxygen atoms in total. The van der Waals surface area contributed by atoms with Gasteiger partial charge in [0.1, 0.15) is 17.1 Å². The van der Waals surface area contributed by atoms with Crippen molar-refractivity contribution in [2.24, 2.45) is 0 Å². The van der Waals surface area contributed by atoms with E-state index in [9.17, 15) is 22.4 Å². The van der Waals surface area contributed by atoms with Gasteiger partial charge in [0, 0.05) is 11.9 Å². The molecule has 1 amide bonds. The fourth-order valence-electron chi connectivity index (χ4n) is 2.96. The summed E-state index contributed by atoms with van der Waals surface area (Å²) < 4.78 is 59.0. The van der Waals surface area contributed by atoms with E-state index in [2.05, 4.69) is 10.3 Å². The zero-order chi connectivity index (χ0) is 22.1. The Morgan fingerprint density at radius 2 is 1.67 bits per heavy atom. The monoisotopic (exact) mass is 418 g/mol. The van der Waals surface area contributed by atoms with Crippen LogP contribution in [0.15, 0.2) is 48.7 Å². The van der Waals surface area contributed by atoms with Crippen molar-refractivity contribution in [1.29, 1.82) is 0 Å². The van der Waals surface area contributed by atoms with Crippen LogP contribution in [0.3, 0.4) is 0 Å². The molecule has 0 bridgehead atoms. The van der Waals surface area contributed by atoms with Gasteiger partial charge in [-0.25, -0.2) is 9.37 Å². The predicted octanol–water partition coefficient (Wildman–Crippen LogP) is 6.21. The summed E-state index contributed by atoms with van der Waals surface area (Å²) in [6.45, 7) is 4.86. The van der Waals surface area contributed by atoms with Gasteiger partial charge in [-0.1, -0.05) is 6.07 Å². The van der Waals surface area contributed by atoms with E-state index in [4.69, 9.17) is 4.74 Å². The van der Waals surface area contributed by atoms with Crippen LogP contribution in [0, 0.1) is 26.6 Å². The number of carbonyl (C=O) groups excluding carboxylic acids is 1. The Labute approximate surface area is 170 Å². The summed E-state index contributed by atoms with van der Waals surface area (Å²) in [5.41, 5.74) is 0.830. The van der Waals surface area contributed by atoms with Crippen LogP contribution < -0.4 is 10.1 Å². The third-order valence-corrected chi connectivity index (χ3v) is 4.28. The predicted molar refractivity (Wildman–Crippen MR) is 104 cm³/mol. The largest absolute Gasteiger partial charge is 0.438 e. The quantitative estimate of drug-likeness (QED) is 0.513. The van der Waals surface area contributed by atoms with Crippen molar-refractivity contribution in [2.75, 3.05) is 5.32 Å². The van der Waals surface area contributed by atoms with E-state index < -0.39 is 29.3 Å². The average molecular weight is 418 g/mol. The molecule has 0 saturated carbocycles. The number of pyridine rings is 1. The van der Waals surface area contributed by atoms with Crippen LogP contribution >= 0.6 is 0 Å². The van der Waals surface area contributed by atoms with Crippen molar-refractivity contribution in [3.8, 4) is 11.6 Å². The number of alkyl halides is 3. The van der Waals surface area contributed by atoms with Crippen LogP contribution in [0.5, 0.6) is 11.6 Å². The molecule has 30 heavy (non-hydrogen) atoms. The molecule has 0 fully saturated rings. The van der Waals surface area contributed by atoms with Gasteiger partial charge in [0.2, 0.25) is 5.88 Å². The van der Waals surface area contributed by atoms with E-state index in [-0.39, 0.29) is 11.3 Å².